The smallest absolute Gasteiger partial charge is 0.264 e. The topological polar surface area (TPSA) is 56.3 Å². The first-order valence-electron chi connectivity index (χ1n) is 14.7. The van der Waals surface area contributed by atoms with Crippen LogP contribution in [0.15, 0.2) is 48.5 Å². The number of hydrogen-bond acceptors (Lipinski definition) is 5. The molecule has 0 N–H and O–H groups in total. The number of likely N-dealkylation sites (tertiary alicyclic amines) is 1. The van der Waals surface area contributed by atoms with Crippen molar-refractivity contribution in [1.29, 1.82) is 0 Å². The van der Waals surface area contributed by atoms with E-state index in [0.29, 0.717) is 37.8 Å². The number of carbonyl (C=O) groups is 2. The van der Waals surface area contributed by atoms with Crippen molar-refractivity contribution in [3.8, 4) is 5.75 Å². The lowest BCUT2D eigenvalue weighted by Gasteiger charge is -2.30. The zero-order chi connectivity index (χ0) is 27.6. The van der Waals surface area contributed by atoms with Crippen LogP contribution in [0.2, 0.25) is 0 Å². The Hall–Kier alpha value is -2.90. The van der Waals surface area contributed by atoms with Gasteiger partial charge < -0.3 is 19.4 Å². The van der Waals surface area contributed by atoms with E-state index >= 15 is 0 Å². The van der Waals surface area contributed by atoms with Crippen molar-refractivity contribution in [1.82, 2.24) is 14.7 Å². The Bertz CT molecular complexity index is 1070. The summed E-state index contributed by atoms with van der Waals surface area (Å²) >= 11 is 0. The molecule has 0 unspecified atom stereocenters. The molecule has 2 aliphatic rings. The van der Waals surface area contributed by atoms with E-state index in [-0.39, 0.29) is 18.4 Å². The van der Waals surface area contributed by atoms with Crippen LogP contribution in [0.1, 0.15) is 57.1 Å². The predicted octanol–water partition coefficient (Wildman–Crippen LogP) is 4.73. The molecule has 212 valence electrons. The highest BCUT2D eigenvalue weighted by Gasteiger charge is 2.26. The molecular formula is C32H46N4O3. The summed E-state index contributed by atoms with van der Waals surface area (Å²) in [6.45, 7) is 13.3. The summed E-state index contributed by atoms with van der Waals surface area (Å²) in [5.41, 5.74) is 2.99. The molecule has 1 saturated heterocycles. The van der Waals surface area contributed by atoms with E-state index in [1.54, 1.807) is 0 Å². The number of hydrogen-bond donors (Lipinski definition) is 0. The number of ether oxygens (including phenoxy) is 1. The highest BCUT2D eigenvalue weighted by molar-refractivity contribution is 5.96. The zero-order valence-corrected chi connectivity index (χ0v) is 24.1. The fourth-order valence-corrected chi connectivity index (χ4v) is 5.76. The molecule has 0 saturated carbocycles. The number of benzene rings is 2. The van der Waals surface area contributed by atoms with Gasteiger partial charge in [-0.2, -0.15) is 0 Å². The van der Waals surface area contributed by atoms with E-state index in [0.717, 1.165) is 62.4 Å². The van der Waals surface area contributed by atoms with E-state index in [2.05, 4.69) is 42.7 Å². The number of aryl methyl sites for hydroxylation is 1. The highest BCUT2D eigenvalue weighted by atomic mass is 16.5. The Balaban J connectivity index is 1.55. The van der Waals surface area contributed by atoms with Crippen LogP contribution >= 0.6 is 0 Å². The molecule has 2 amide bonds. The number of amides is 2. The molecule has 7 heteroatoms. The molecule has 0 atom stereocenters. The molecule has 1 fully saturated rings. The largest absolute Gasteiger partial charge is 0.484 e. The van der Waals surface area contributed by atoms with Gasteiger partial charge in [-0.15, -0.1) is 0 Å². The summed E-state index contributed by atoms with van der Waals surface area (Å²) in [5.74, 6) is 0.827. The van der Waals surface area contributed by atoms with Crippen molar-refractivity contribution in [3.05, 3.63) is 59.7 Å². The summed E-state index contributed by atoms with van der Waals surface area (Å²) in [7, 11) is 0. The van der Waals surface area contributed by atoms with Gasteiger partial charge in [-0.25, -0.2) is 0 Å². The Labute approximate surface area is 234 Å². The first-order chi connectivity index (χ1) is 18.9. The number of anilines is 1. The van der Waals surface area contributed by atoms with E-state index in [1.165, 1.54) is 12.8 Å². The van der Waals surface area contributed by atoms with Gasteiger partial charge in [0, 0.05) is 45.2 Å². The SMILES string of the molecule is Cc1cccc2c1N(C(=O)COc1ccccc1)CCCN(C(C)C)CCN(C(=O)CCCN1CCCC1)C2. The third-order valence-corrected chi connectivity index (χ3v) is 7.99. The first kappa shape index (κ1) is 29.1. The normalized spacial score (nSPS) is 17.6. The van der Waals surface area contributed by atoms with Gasteiger partial charge in [0.05, 0.1) is 5.69 Å². The minimum Gasteiger partial charge on any atom is -0.484 e. The van der Waals surface area contributed by atoms with Crippen LogP contribution in [0, 0.1) is 6.92 Å². The van der Waals surface area contributed by atoms with Gasteiger partial charge in [0.15, 0.2) is 6.61 Å². The highest BCUT2D eigenvalue weighted by Crippen LogP contribution is 2.28. The monoisotopic (exact) mass is 534 g/mol. The summed E-state index contributed by atoms with van der Waals surface area (Å²) in [4.78, 5) is 36.0. The van der Waals surface area contributed by atoms with E-state index < -0.39 is 0 Å². The van der Waals surface area contributed by atoms with Crippen LogP contribution < -0.4 is 9.64 Å². The van der Waals surface area contributed by atoms with Gasteiger partial charge in [-0.3, -0.25) is 14.5 Å². The van der Waals surface area contributed by atoms with Gasteiger partial charge in [0.1, 0.15) is 5.75 Å². The molecule has 0 bridgehead atoms. The molecule has 2 heterocycles. The Morgan fingerprint density at radius 1 is 0.846 bits per heavy atom. The molecule has 2 aromatic rings. The number of carbonyl (C=O) groups excluding carboxylic acids is 2. The number of fused-ring (bicyclic) bond motifs is 1. The van der Waals surface area contributed by atoms with E-state index in [1.807, 2.05) is 46.2 Å². The standard InChI is InChI=1S/C32H46N4O3/c1-26(2)34-20-11-21-36(31(38)25-39-29-14-5-4-6-15-29)32-27(3)12-9-13-28(32)24-35(23-22-34)30(37)16-10-19-33-17-7-8-18-33/h4-6,9,12-15,26H,7-8,10-11,16-25H2,1-3H3. The second-order valence-electron chi connectivity index (χ2n) is 11.2. The fraction of sp³-hybridized carbons (Fsp3) is 0.562. The summed E-state index contributed by atoms with van der Waals surface area (Å²) in [5, 5.41) is 0. The third-order valence-electron chi connectivity index (χ3n) is 7.99. The Morgan fingerprint density at radius 3 is 2.36 bits per heavy atom. The maximum absolute atomic E-state index is 13.6. The van der Waals surface area contributed by atoms with Gasteiger partial charge in [-0.1, -0.05) is 36.4 Å². The minimum absolute atomic E-state index is 0.0230. The van der Waals surface area contributed by atoms with Gasteiger partial charge in [-0.05, 0) is 89.3 Å². The lowest BCUT2D eigenvalue weighted by Crippen LogP contribution is -2.41. The molecule has 4 rings (SSSR count). The zero-order valence-electron chi connectivity index (χ0n) is 24.1. The van der Waals surface area contributed by atoms with Crippen LogP contribution in [-0.2, 0) is 16.1 Å². The molecule has 0 aliphatic carbocycles. The molecule has 2 aliphatic heterocycles. The molecule has 0 aromatic heterocycles. The van der Waals surface area contributed by atoms with Crippen LogP contribution in [0.3, 0.4) is 0 Å². The summed E-state index contributed by atoms with van der Waals surface area (Å²) < 4.78 is 5.86. The van der Waals surface area contributed by atoms with E-state index in [9.17, 15) is 9.59 Å². The molecule has 2 aromatic carbocycles. The number of para-hydroxylation sites is 2. The predicted molar refractivity (Wildman–Crippen MR) is 157 cm³/mol. The van der Waals surface area contributed by atoms with Crippen LogP contribution in [0.4, 0.5) is 5.69 Å². The Morgan fingerprint density at radius 2 is 1.62 bits per heavy atom. The van der Waals surface area contributed by atoms with Crippen LogP contribution in [0.5, 0.6) is 5.75 Å². The molecule has 0 spiro atoms. The quantitative estimate of drug-likeness (QED) is 0.490. The maximum atomic E-state index is 13.6. The minimum atomic E-state index is -0.0618. The van der Waals surface area contributed by atoms with Gasteiger partial charge in [0.25, 0.3) is 5.91 Å². The fourth-order valence-electron chi connectivity index (χ4n) is 5.76. The summed E-state index contributed by atoms with van der Waals surface area (Å²) in [6, 6.07) is 16.0. The summed E-state index contributed by atoms with van der Waals surface area (Å²) in [6.07, 6.45) is 4.85. The average molecular weight is 535 g/mol. The van der Waals surface area contributed by atoms with Crippen LogP contribution in [0.25, 0.3) is 0 Å². The molecule has 7 nitrogen and oxygen atoms in total. The number of nitrogens with zero attached hydrogens (tertiary/aromatic N) is 4. The average Bonchev–Trinajstić information content (AvgIpc) is 3.44. The third kappa shape index (κ3) is 8.29. The van der Waals surface area contributed by atoms with Crippen LogP contribution in [-0.4, -0.2) is 85.0 Å². The van der Waals surface area contributed by atoms with Gasteiger partial charge >= 0.3 is 0 Å². The lowest BCUT2D eigenvalue weighted by molar-refractivity contribution is -0.132. The first-order valence-corrected chi connectivity index (χ1v) is 14.7. The van der Waals surface area contributed by atoms with Crippen molar-refractivity contribution < 1.29 is 14.3 Å². The maximum Gasteiger partial charge on any atom is 0.264 e. The molecule has 39 heavy (non-hydrogen) atoms. The van der Waals surface area contributed by atoms with Crippen molar-refractivity contribution in [2.75, 3.05) is 57.3 Å². The number of rotatable bonds is 8. The van der Waals surface area contributed by atoms with Gasteiger partial charge in [0.2, 0.25) is 5.91 Å². The van der Waals surface area contributed by atoms with Crippen molar-refractivity contribution in [2.45, 2.75) is 65.5 Å². The second kappa shape index (κ2) is 14.5. The lowest BCUT2D eigenvalue weighted by atomic mass is 10.0. The Kier molecular flexibility index (Phi) is 10.8. The molecular weight excluding hydrogens is 488 g/mol. The van der Waals surface area contributed by atoms with Crippen molar-refractivity contribution in [3.63, 3.8) is 0 Å². The molecule has 0 radical (unpaired) electrons. The van der Waals surface area contributed by atoms with E-state index in [4.69, 9.17) is 4.74 Å². The van der Waals surface area contributed by atoms with Crippen molar-refractivity contribution in [2.24, 2.45) is 0 Å². The second-order valence-corrected chi connectivity index (χ2v) is 11.2. The van der Waals surface area contributed by atoms with Crippen molar-refractivity contribution >= 4 is 17.5 Å².